The number of ketones is 1. The summed E-state index contributed by atoms with van der Waals surface area (Å²) in [7, 11) is 0. The van der Waals surface area contributed by atoms with Crippen molar-refractivity contribution in [1.82, 2.24) is 0 Å². The molecule has 0 N–H and O–H groups in total. The molecule has 0 fully saturated rings. The van der Waals surface area contributed by atoms with E-state index in [-0.39, 0.29) is 5.41 Å². The molecule has 1 nitrogen and oxygen atoms in total. The van der Waals surface area contributed by atoms with Crippen LogP contribution in [0.5, 0.6) is 0 Å². The molecule has 0 radical (unpaired) electrons. The minimum Gasteiger partial charge on any atom is -0.294 e. The van der Waals surface area contributed by atoms with Crippen molar-refractivity contribution in [3.63, 3.8) is 0 Å². The Kier molecular flexibility index (Phi) is 4.91. The first kappa shape index (κ1) is 16.3. The first-order chi connectivity index (χ1) is 9.84. The van der Waals surface area contributed by atoms with Gasteiger partial charge in [-0.05, 0) is 63.9 Å². The van der Waals surface area contributed by atoms with Crippen LogP contribution in [0.4, 0.5) is 0 Å². The number of carbonyl (C=O) groups excluding carboxylic acids is 1. The first-order valence-corrected chi connectivity index (χ1v) is 8.41. The van der Waals surface area contributed by atoms with Crippen LogP contribution in [0.15, 0.2) is 34.9 Å². The lowest BCUT2D eigenvalue weighted by Gasteiger charge is -2.33. The van der Waals surface area contributed by atoms with Gasteiger partial charge in [-0.1, -0.05) is 49.6 Å². The van der Waals surface area contributed by atoms with E-state index in [2.05, 4.69) is 46.8 Å². The third-order valence-electron chi connectivity index (χ3n) is 5.43. The van der Waals surface area contributed by atoms with Crippen LogP contribution >= 0.6 is 0 Å². The van der Waals surface area contributed by atoms with E-state index in [1.54, 1.807) is 0 Å². The normalized spacial score (nSPS) is 36.2. The fraction of sp³-hybridized carbons (Fsp3) is 0.650. The summed E-state index contributed by atoms with van der Waals surface area (Å²) in [6.45, 7) is 11.1. The van der Waals surface area contributed by atoms with E-state index in [1.807, 2.05) is 6.08 Å². The van der Waals surface area contributed by atoms with Gasteiger partial charge in [0.2, 0.25) is 0 Å². The van der Waals surface area contributed by atoms with E-state index in [0.717, 1.165) is 32.1 Å². The third kappa shape index (κ3) is 3.39. The quantitative estimate of drug-likeness (QED) is 0.571. The zero-order valence-corrected chi connectivity index (χ0v) is 14.3. The van der Waals surface area contributed by atoms with Crippen molar-refractivity contribution in [2.45, 2.75) is 66.7 Å². The van der Waals surface area contributed by atoms with Gasteiger partial charge in [-0.15, -0.1) is 0 Å². The molecule has 2 aliphatic rings. The van der Waals surface area contributed by atoms with Gasteiger partial charge in [0.05, 0.1) is 0 Å². The summed E-state index contributed by atoms with van der Waals surface area (Å²) in [6, 6.07) is 0. The summed E-state index contributed by atoms with van der Waals surface area (Å²) in [5.41, 5.74) is 4.06. The lowest BCUT2D eigenvalue weighted by molar-refractivity contribution is -0.123. The second-order valence-electron chi connectivity index (χ2n) is 7.52. The Morgan fingerprint density at radius 1 is 1.14 bits per heavy atom. The average molecular weight is 286 g/mol. The maximum Gasteiger partial charge on any atom is 0.162 e. The molecule has 0 saturated carbocycles. The van der Waals surface area contributed by atoms with Gasteiger partial charge in [-0.3, -0.25) is 4.79 Å². The van der Waals surface area contributed by atoms with E-state index in [4.69, 9.17) is 0 Å². The fourth-order valence-corrected chi connectivity index (χ4v) is 3.76. The largest absolute Gasteiger partial charge is 0.294 e. The smallest absolute Gasteiger partial charge is 0.162 e. The van der Waals surface area contributed by atoms with Crippen molar-refractivity contribution < 1.29 is 4.79 Å². The Balaban J connectivity index is 2.36. The zero-order chi connectivity index (χ0) is 15.6. The molecule has 2 rings (SSSR count). The number of fused-ring (bicyclic) bond motifs is 1. The maximum atomic E-state index is 12.7. The average Bonchev–Trinajstić information content (AvgIpc) is 2.65. The highest BCUT2D eigenvalue weighted by atomic mass is 16.1. The number of allylic oxidation sites excluding steroid dienone is 6. The first-order valence-electron chi connectivity index (χ1n) is 8.41. The number of hydrogen-bond donors (Lipinski definition) is 0. The van der Waals surface area contributed by atoms with E-state index in [9.17, 15) is 4.79 Å². The fourth-order valence-electron chi connectivity index (χ4n) is 3.76. The van der Waals surface area contributed by atoms with Gasteiger partial charge in [0, 0.05) is 5.41 Å². The molecule has 0 spiro atoms. The van der Waals surface area contributed by atoms with Gasteiger partial charge < -0.3 is 0 Å². The molecule has 0 aromatic rings. The van der Waals surface area contributed by atoms with Crippen LogP contribution in [0.3, 0.4) is 0 Å². The second-order valence-corrected chi connectivity index (χ2v) is 7.52. The summed E-state index contributed by atoms with van der Waals surface area (Å²) in [6.07, 6.45) is 12.1. The van der Waals surface area contributed by atoms with Crippen molar-refractivity contribution >= 4 is 5.78 Å². The van der Waals surface area contributed by atoms with Crippen molar-refractivity contribution in [2.24, 2.45) is 17.3 Å². The Bertz CT molecular complexity index is 504. The second kappa shape index (κ2) is 6.34. The molecule has 0 heterocycles. The molecule has 2 aliphatic carbocycles. The molecule has 0 saturated heterocycles. The molecule has 0 bridgehead atoms. The Morgan fingerprint density at radius 3 is 2.48 bits per heavy atom. The van der Waals surface area contributed by atoms with Crippen molar-refractivity contribution in [1.29, 1.82) is 0 Å². The predicted molar refractivity (Wildman–Crippen MR) is 90.1 cm³/mol. The van der Waals surface area contributed by atoms with Gasteiger partial charge in [0.15, 0.2) is 5.78 Å². The molecule has 0 aliphatic heterocycles. The molecule has 0 unspecified atom stereocenters. The summed E-state index contributed by atoms with van der Waals surface area (Å²) in [5, 5.41) is 0. The topological polar surface area (TPSA) is 17.1 Å². The van der Waals surface area contributed by atoms with E-state index in [1.165, 1.54) is 16.7 Å². The van der Waals surface area contributed by atoms with Crippen LogP contribution in [-0.4, -0.2) is 5.78 Å². The van der Waals surface area contributed by atoms with E-state index >= 15 is 0 Å². The highest BCUT2D eigenvalue weighted by Gasteiger charge is 2.46. The summed E-state index contributed by atoms with van der Waals surface area (Å²) in [4.78, 5) is 12.7. The third-order valence-corrected chi connectivity index (χ3v) is 5.43. The maximum absolute atomic E-state index is 12.7. The van der Waals surface area contributed by atoms with Gasteiger partial charge >= 0.3 is 0 Å². The molecule has 1 heteroatoms. The summed E-state index contributed by atoms with van der Waals surface area (Å²) < 4.78 is 0. The van der Waals surface area contributed by atoms with Crippen molar-refractivity contribution in [2.75, 3.05) is 0 Å². The van der Waals surface area contributed by atoms with Crippen LogP contribution in [0.1, 0.15) is 66.7 Å². The minimum atomic E-state index is -0.217. The van der Waals surface area contributed by atoms with Gasteiger partial charge in [-0.2, -0.15) is 0 Å². The Hall–Kier alpha value is -1.11. The van der Waals surface area contributed by atoms with Gasteiger partial charge in [0.1, 0.15) is 0 Å². The van der Waals surface area contributed by atoms with Crippen molar-refractivity contribution in [3.8, 4) is 0 Å². The molecule has 0 amide bonds. The van der Waals surface area contributed by atoms with Crippen LogP contribution in [0.2, 0.25) is 0 Å². The number of carbonyl (C=O) groups is 1. The molecule has 2 atom stereocenters. The molecular weight excluding hydrogens is 256 g/mol. The minimum absolute atomic E-state index is 0.217. The zero-order valence-electron chi connectivity index (χ0n) is 14.3. The molecule has 0 aromatic heterocycles. The van der Waals surface area contributed by atoms with Gasteiger partial charge in [-0.25, -0.2) is 0 Å². The van der Waals surface area contributed by atoms with Crippen LogP contribution in [-0.2, 0) is 4.79 Å². The number of rotatable bonds is 1. The van der Waals surface area contributed by atoms with Crippen LogP contribution in [0, 0.1) is 17.3 Å². The van der Waals surface area contributed by atoms with Gasteiger partial charge in [0.25, 0.3) is 0 Å². The molecule has 0 aromatic carbocycles. The monoisotopic (exact) mass is 286 g/mol. The molecular formula is C20H30O. The lowest BCUT2D eigenvalue weighted by atomic mass is 9.69. The number of hydrogen-bond acceptors (Lipinski definition) is 1. The standard InChI is InChI=1S/C20H30O/c1-14(2)17-13-19(21)20(5)12-11-16(4)8-6-7-15(3)9-10-18(17)20/h7,11,13-14,18H,6,8-10,12H2,1-5H3/b15-7+,16-11+/t18-,20-/m1/s1. The molecule has 21 heavy (non-hydrogen) atoms. The Morgan fingerprint density at radius 2 is 1.81 bits per heavy atom. The van der Waals surface area contributed by atoms with Crippen LogP contribution < -0.4 is 0 Å². The van der Waals surface area contributed by atoms with Crippen LogP contribution in [0.25, 0.3) is 0 Å². The van der Waals surface area contributed by atoms with Crippen molar-refractivity contribution in [3.05, 3.63) is 34.9 Å². The Labute approximate surface area is 130 Å². The molecule has 116 valence electrons. The highest BCUT2D eigenvalue weighted by Crippen LogP contribution is 2.48. The van der Waals surface area contributed by atoms with E-state index < -0.39 is 0 Å². The summed E-state index contributed by atoms with van der Waals surface area (Å²) in [5.74, 6) is 1.23. The SMILES string of the molecule is C/C1=C\C[C@@]2(C)C(=O)C=C(C(C)C)[C@H]2CC/C(C)=C/CC1. The lowest BCUT2D eigenvalue weighted by Crippen LogP contribution is -2.31. The highest BCUT2D eigenvalue weighted by molar-refractivity contribution is 5.98. The van der Waals surface area contributed by atoms with E-state index in [0.29, 0.717) is 17.6 Å². The summed E-state index contributed by atoms with van der Waals surface area (Å²) >= 11 is 0. The predicted octanol–water partition coefficient (Wildman–Crippen LogP) is 5.63.